The second-order valence-electron chi connectivity index (χ2n) is 4.88. The minimum absolute atomic E-state index is 0.0148. The Morgan fingerprint density at radius 3 is 1.86 bits per heavy atom. The maximum atomic E-state index is 11.9. The van der Waals surface area contributed by atoms with E-state index in [1.165, 1.54) is 6.92 Å². The second-order valence-corrected chi connectivity index (χ2v) is 4.88. The third kappa shape index (κ3) is 4.43. The van der Waals surface area contributed by atoms with Crippen molar-refractivity contribution in [3.05, 3.63) is 59.7 Å². The molecule has 3 N–H and O–H groups in total. The van der Waals surface area contributed by atoms with Gasteiger partial charge in [0.1, 0.15) is 0 Å². The van der Waals surface area contributed by atoms with Gasteiger partial charge in [-0.25, -0.2) is 4.79 Å². The van der Waals surface area contributed by atoms with Crippen LogP contribution in [0.1, 0.15) is 22.8 Å². The summed E-state index contributed by atoms with van der Waals surface area (Å²) in [6.45, 7) is 1.60. The normalized spacial score (nSPS) is 10.1. The number of amides is 2. The van der Waals surface area contributed by atoms with Gasteiger partial charge in [-0.15, -0.1) is 0 Å². The fraction of sp³-hybridized carbons (Fsp3) is 0.176. The Labute approximate surface area is 129 Å². The third-order valence-corrected chi connectivity index (χ3v) is 3.16. The van der Waals surface area contributed by atoms with Crippen molar-refractivity contribution in [2.75, 3.05) is 17.2 Å². The number of nitrogens with one attached hydrogen (secondary N) is 2. The van der Waals surface area contributed by atoms with Gasteiger partial charge in [-0.2, -0.15) is 0 Å². The number of hydrogen-bond donors (Lipinski definition) is 3. The van der Waals surface area contributed by atoms with Crippen LogP contribution in [-0.2, 0) is 6.42 Å². The van der Waals surface area contributed by atoms with Gasteiger partial charge in [0.05, 0.1) is 0 Å². The lowest BCUT2D eigenvalue weighted by molar-refractivity contribution is 0.101. The summed E-state index contributed by atoms with van der Waals surface area (Å²) in [6.07, 6.45) is 0.592. The Morgan fingerprint density at radius 1 is 0.909 bits per heavy atom. The second kappa shape index (κ2) is 7.38. The maximum absolute atomic E-state index is 11.9. The fourth-order valence-corrected chi connectivity index (χ4v) is 1.97. The van der Waals surface area contributed by atoms with E-state index in [-0.39, 0.29) is 18.4 Å². The third-order valence-electron chi connectivity index (χ3n) is 3.16. The van der Waals surface area contributed by atoms with Crippen molar-refractivity contribution in [1.29, 1.82) is 0 Å². The van der Waals surface area contributed by atoms with E-state index in [2.05, 4.69) is 10.6 Å². The Morgan fingerprint density at radius 2 is 1.41 bits per heavy atom. The molecular weight excluding hydrogens is 280 g/mol. The summed E-state index contributed by atoms with van der Waals surface area (Å²) < 4.78 is 0. The van der Waals surface area contributed by atoms with Crippen LogP contribution in [0.15, 0.2) is 48.5 Å². The number of benzene rings is 2. The molecule has 0 aliphatic heterocycles. The van der Waals surface area contributed by atoms with Crippen molar-refractivity contribution in [2.24, 2.45) is 0 Å². The Balaban J connectivity index is 1.93. The van der Waals surface area contributed by atoms with Crippen molar-refractivity contribution in [3.63, 3.8) is 0 Å². The van der Waals surface area contributed by atoms with Crippen LogP contribution in [-0.4, -0.2) is 23.5 Å². The summed E-state index contributed by atoms with van der Waals surface area (Å²) in [4.78, 5) is 23.1. The van der Waals surface area contributed by atoms with Crippen LogP contribution in [0.4, 0.5) is 16.2 Å². The minimum Gasteiger partial charge on any atom is -0.396 e. The number of Topliss-reactive ketones (excluding diaryl/α,β-unsaturated/α-hetero) is 1. The van der Waals surface area contributed by atoms with Crippen LogP contribution in [0, 0.1) is 0 Å². The molecule has 5 heteroatoms. The first kappa shape index (κ1) is 15.7. The Hall–Kier alpha value is -2.66. The molecule has 2 rings (SSSR count). The zero-order valence-corrected chi connectivity index (χ0v) is 12.3. The van der Waals surface area contributed by atoms with E-state index in [0.717, 1.165) is 5.56 Å². The predicted molar refractivity (Wildman–Crippen MR) is 86.3 cm³/mol. The highest BCUT2D eigenvalue weighted by molar-refractivity contribution is 6.00. The topological polar surface area (TPSA) is 78.4 Å². The number of anilines is 2. The standard InChI is InChI=1S/C17H18N2O3/c1-12(21)14-4-8-16(9-5-14)19-17(22)18-15-6-2-13(3-7-15)10-11-20/h2-9,20H,10-11H2,1H3,(H2,18,19,22). The molecule has 0 heterocycles. The highest BCUT2D eigenvalue weighted by atomic mass is 16.3. The van der Waals surface area contributed by atoms with Crippen molar-refractivity contribution in [2.45, 2.75) is 13.3 Å². The summed E-state index contributed by atoms with van der Waals surface area (Å²) in [5.74, 6) is -0.0148. The molecule has 22 heavy (non-hydrogen) atoms. The van der Waals surface area contributed by atoms with E-state index in [0.29, 0.717) is 23.4 Å². The number of aliphatic hydroxyl groups is 1. The maximum Gasteiger partial charge on any atom is 0.323 e. The summed E-state index contributed by atoms with van der Waals surface area (Å²) in [5.41, 5.74) is 2.89. The lowest BCUT2D eigenvalue weighted by Gasteiger charge is -2.08. The highest BCUT2D eigenvalue weighted by Gasteiger charge is 2.04. The molecule has 2 amide bonds. The van der Waals surface area contributed by atoms with Gasteiger partial charge in [0.2, 0.25) is 0 Å². The Bertz CT molecular complexity index is 649. The largest absolute Gasteiger partial charge is 0.396 e. The lowest BCUT2D eigenvalue weighted by Crippen LogP contribution is -2.19. The molecule has 0 aromatic heterocycles. The van der Waals surface area contributed by atoms with Crippen LogP contribution in [0.3, 0.4) is 0 Å². The van der Waals surface area contributed by atoms with Crippen molar-refractivity contribution < 1.29 is 14.7 Å². The lowest BCUT2D eigenvalue weighted by atomic mass is 10.1. The molecule has 0 fully saturated rings. The SMILES string of the molecule is CC(=O)c1ccc(NC(=O)Nc2ccc(CCO)cc2)cc1. The van der Waals surface area contributed by atoms with E-state index in [9.17, 15) is 9.59 Å². The van der Waals surface area contributed by atoms with Gasteiger partial charge in [0, 0.05) is 23.5 Å². The number of aliphatic hydroxyl groups excluding tert-OH is 1. The molecule has 0 unspecified atom stereocenters. The smallest absolute Gasteiger partial charge is 0.323 e. The van der Waals surface area contributed by atoms with Crippen molar-refractivity contribution in [3.8, 4) is 0 Å². The highest BCUT2D eigenvalue weighted by Crippen LogP contribution is 2.13. The molecule has 0 saturated heterocycles. The van der Waals surface area contributed by atoms with Crippen molar-refractivity contribution in [1.82, 2.24) is 0 Å². The van der Waals surface area contributed by atoms with Gasteiger partial charge in [0.25, 0.3) is 0 Å². The van der Waals surface area contributed by atoms with E-state index >= 15 is 0 Å². The molecule has 114 valence electrons. The zero-order chi connectivity index (χ0) is 15.9. The number of carbonyl (C=O) groups is 2. The van der Waals surface area contributed by atoms with E-state index in [4.69, 9.17) is 5.11 Å². The van der Waals surface area contributed by atoms with Gasteiger partial charge < -0.3 is 15.7 Å². The summed E-state index contributed by atoms with van der Waals surface area (Å²) in [5, 5.41) is 14.3. The molecule has 0 aliphatic rings. The molecule has 0 aliphatic carbocycles. The van der Waals surface area contributed by atoms with Crippen LogP contribution in [0.5, 0.6) is 0 Å². The van der Waals surface area contributed by atoms with Gasteiger partial charge in [-0.3, -0.25) is 4.79 Å². The van der Waals surface area contributed by atoms with E-state index < -0.39 is 0 Å². The zero-order valence-electron chi connectivity index (χ0n) is 12.3. The average Bonchev–Trinajstić information content (AvgIpc) is 2.50. The molecule has 2 aromatic carbocycles. The number of urea groups is 1. The van der Waals surface area contributed by atoms with Crippen molar-refractivity contribution >= 4 is 23.2 Å². The molecule has 5 nitrogen and oxygen atoms in total. The van der Waals surface area contributed by atoms with Crippen LogP contribution in [0.2, 0.25) is 0 Å². The first-order chi connectivity index (χ1) is 10.6. The monoisotopic (exact) mass is 298 g/mol. The summed E-state index contributed by atoms with van der Waals surface area (Å²) >= 11 is 0. The Kier molecular flexibility index (Phi) is 5.27. The molecule has 0 bridgehead atoms. The molecule has 2 aromatic rings. The first-order valence-corrected chi connectivity index (χ1v) is 6.97. The van der Waals surface area contributed by atoms with Gasteiger partial charge in [-0.05, 0) is 55.3 Å². The summed E-state index contributed by atoms with van der Waals surface area (Å²) in [6, 6.07) is 13.6. The average molecular weight is 298 g/mol. The molecule has 0 saturated carbocycles. The molecule has 0 radical (unpaired) electrons. The molecule has 0 atom stereocenters. The molecule has 0 spiro atoms. The number of rotatable bonds is 5. The summed E-state index contributed by atoms with van der Waals surface area (Å²) in [7, 11) is 0. The first-order valence-electron chi connectivity index (χ1n) is 6.97. The molecular formula is C17H18N2O3. The van der Waals surface area contributed by atoms with Gasteiger partial charge >= 0.3 is 6.03 Å². The minimum atomic E-state index is -0.356. The fourth-order valence-electron chi connectivity index (χ4n) is 1.97. The van der Waals surface area contributed by atoms with Crippen LogP contribution in [0.25, 0.3) is 0 Å². The van der Waals surface area contributed by atoms with Crippen LogP contribution >= 0.6 is 0 Å². The van der Waals surface area contributed by atoms with Crippen LogP contribution < -0.4 is 10.6 Å². The van der Waals surface area contributed by atoms with Gasteiger partial charge in [0.15, 0.2) is 5.78 Å². The number of ketones is 1. The van der Waals surface area contributed by atoms with E-state index in [1.54, 1.807) is 36.4 Å². The van der Waals surface area contributed by atoms with Gasteiger partial charge in [-0.1, -0.05) is 12.1 Å². The number of hydrogen-bond acceptors (Lipinski definition) is 3. The van der Waals surface area contributed by atoms with E-state index in [1.807, 2.05) is 12.1 Å². The predicted octanol–water partition coefficient (Wildman–Crippen LogP) is 3.07. The quantitative estimate of drug-likeness (QED) is 0.742. The number of carbonyl (C=O) groups excluding carboxylic acids is 2.